The van der Waals surface area contributed by atoms with Gasteiger partial charge in [-0.2, -0.15) is 5.26 Å². The normalized spacial score (nSPS) is 12.9. The minimum Gasteiger partial charge on any atom is -0.438 e. The maximum absolute atomic E-state index is 12.6. The number of pyridine rings is 2. The van der Waals surface area contributed by atoms with Crippen molar-refractivity contribution in [2.24, 2.45) is 0 Å². The molecule has 1 atom stereocenters. The third kappa shape index (κ3) is 5.14. The van der Waals surface area contributed by atoms with E-state index in [2.05, 4.69) is 4.98 Å². The molecule has 0 bridgehead atoms. The van der Waals surface area contributed by atoms with Gasteiger partial charge in [0.2, 0.25) is 5.88 Å². The lowest BCUT2D eigenvalue weighted by Crippen LogP contribution is -2.49. The highest BCUT2D eigenvalue weighted by molar-refractivity contribution is 7.92. The van der Waals surface area contributed by atoms with Crippen molar-refractivity contribution in [2.45, 2.75) is 24.6 Å². The number of hydrogen-bond acceptors (Lipinski definition) is 8. The van der Waals surface area contributed by atoms with Crippen molar-refractivity contribution in [2.75, 3.05) is 6.26 Å². The fourth-order valence-electron chi connectivity index (χ4n) is 3.18. The highest BCUT2D eigenvalue weighted by Crippen LogP contribution is 2.26. The quantitative estimate of drug-likeness (QED) is 0.366. The molecule has 10 nitrogen and oxygen atoms in total. The molecular weight excluding hydrogens is 460 g/mol. The van der Waals surface area contributed by atoms with E-state index < -0.39 is 20.5 Å². The number of rotatable bonds is 8. The van der Waals surface area contributed by atoms with Crippen LogP contribution in [0.1, 0.15) is 18.9 Å². The molecular formula is C23H22N4O6S. The second-order valence-corrected chi connectivity index (χ2v) is 10.2. The number of carbonyl (C=O) groups is 1. The van der Waals surface area contributed by atoms with E-state index in [0.29, 0.717) is 16.9 Å². The third-order valence-corrected chi connectivity index (χ3v) is 7.55. The Morgan fingerprint density at radius 1 is 1.24 bits per heavy atom. The molecule has 0 aliphatic heterocycles. The lowest BCUT2D eigenvalue weighted by Gasteiger charge is -2.25. The Hall–Kier alpha value is -4.01. The number of benzene rings is 1. The van der Waals surface area contributed by atoms with Gasteiger partial charge in [0, 0.05) is 31.3 Å². The molecule has 34 heavy (non-hydrogen) atoms. The molecule has 0 saturated heterocycles. The second-order valence-electron chi connectivity index (χ2n) is 7.74. The SMILES string of the molecule is C[C@@](CCn1ccc(-c2ccc(Oc3ncccc3C#N)cc2)cc1=O)(C(=O)NO)S(C)(=O)=O. The number of hydrogen-bond donors (Lipinski definition) is 2. The van der Waals surface area contributed by atoms with Crippen LogP contribution in [-0.4, -0.2) is 40.1 Å². The van der Waals surface area contributed by atoms with Crippen LogP contribution < -0.4 is 15.8 Å². The van der Waals surface area contributed by atoms with Crippen molar-refractivity contribution in [1.29, 1.82) is 5.26 Å². The van der Waals surface area contributed by atoms with Crippen molar-refractivity contribution in [1.82, 2.24) is 15.0 Å². The standard InChI is InChI=1S/C23H22N4O6S/c1-23(22(29)26-30,34(2,31)32)10-13-27-12-9-17(14-20(27)28)16-5-7-19(8-6-16)33-21-18(15-24)4-3-11-25-21/h3-9,11-12,14,30H,10,13H2,1-2H3,(H,26,29)/t23-/m1/s1. The largest absolute Gasteiger partial charge is 0.438 e. The molecule has 11 heteroatoms. The number of nitrogens with zero attached hydrogens (tertiary/aromatic N) is 3. The zero-order valence-electron chi connectivity index (χ0n) is 18.4. The van der Waals surface area contributed by atoms with Gasteiger partial charge in [-0.05, 0) is 54.8 Å². The molecule has 1 amide bonds. The van der Waals surface area contributed by atoms with Crippen LogP contribution in [0.15, 0.2) is 65.7 Å². The van der Waals surface area contributed by atoms with Gasteiger partial charge in [0.15, 0.2) is 14.6 Å². The van der Waals surface area contributed by atoms with E-state index in [4.69, 9.17) is 15.2 Å². The van der Waals surface area contributed by atoms with Gasteiger partial charge in [0.05, 0.1) is 0 Å². The van der Waals surface area contributed by atoms with Crippen molar-refractivity contribution in [3.05, 3.63) is 76.8 Å². The first-order chi connectivity index (χ1) is 16.1. The third-order valence-electron chi connectivity index (χ3n) is 5.52. The summed E-state index contributed by atoms with van der Waals surface area (Å²) < 4.78 is 29.2. The fraction of sp³-hybridized carbons (Fsp3) is 0.217. The van der Waals surface area contributed by atoms with E-state index in [-0.39, 0.29) is 24.4 Å². The average molecular weight is 483 g/mol. The van der Waals surface area contributed by atoms with Gasteiger partial charge in [-0.25, -0.2) is 18.9 Å². The summed E-state index contributed by atoms with van der Waals surface area (Å²) >= 11 is 0. The van der Waals surface area contributed by atoms with Crippen LogP contribution in [-0.2, 0) is 21.2 Å². The maximum Gasteiger partial charge on any atom is 0.264 e. The van der Waals surface area contributed by atoms with Gasteiger partial charge in [-0.1, -0.05) is 12.1 Å². The summed E-state index contributed by atoms with van der Waals surface area (Å²) in [4.78, 5) is 28.6. The first kappa shape index (κ1) is 24.6. The van der Waals surface area contributed by atoms with Crippen molar-refractivity contribution >= 4 is 15.7 Å². The summed E-state index contributed by atoms with van der Waals surface area (Å²) in [6, 6.07) is 15.2. The van der Waals surface area contributed by atoms with E-state index >= 15 is 0 Å². The summed E-state index contributed by atoms with van der Waals surface area (Å²) in [6.07, 6.45) is 3.72. The molecule has 1 aromatic carbocycles. The summed E-state index contributed by atoms with van der Waals surface area (Å²) in [7, 11) is -3.86. The molecule has 3 rings (SSSR count). The van der Waals surface area contributed by atoms with Crippen LogP contribution in [0, 0.1) is 11.3 Å². The van der Waals surface area contributed by atoms with Gasteiger partial charge >= 0.3 is 0 Å². The van der Waals surface area contributed by atoms with Gasteiger partial charge in [-0.3, -0.25) is 14.8 Å². The Bertz CT molecular complexity index is 1410. The number of aromatic nitrogens is 2. The zero-order valence-corrected chi connectivity index (χ0v) is 19.2. The molecule has 2 aromatic heterocycles. The number of carbonyl (C=O) groups excluding carboxylic acids is 1. The smallest absolute Gasteiger partial charge is 0.264 e. The summed E-state index contributed by atoms with van der Waals surface area (Å²) in [6.45, 7) is 1.15. The van der Waals surface area contributed by atoms with Gasteiger partial charge in [0.1, 0.15) is 17.4 Å². The Morgan fingerprint density at radius 3 is 2.53 bits per heavy atom. The van der Waals surface area contributed by atoms with Crippen LogP contribution in [0.5, 0.6) is 11.6 Å². The first-order valence-corrected chi connectivity index (χ1v) is 12.0. The Balaban J connectivity index is 1.77. The molecule has 176 valence electrons. The fourth-order valence-corrected chi connectivity index (χ4v) is 4.02. The van der Waals surface area contributed by atoms with E-state index in [0.717, 1.165) is 11.8 Å². The predicted molar refractivity (Wildman–Crippen MR) is 123 cm³/mol. The molecule has 0 radical (unpaired) electrons. The van der Waals surface area contributed by atoms with Crippen LogP contribution in [0.3, 0.4) is 0 Å². The van der Waals surface area contributed by atoms with Crippen LogP contribution in [0.25, 0.3) is 11.1 Å². The van der Waals surface area contributed by atoms with Crippen molar-refractivity contribution in [3.63, 3.8) is 0 Å². The minimum absolute atomic E-state index is 0.0474. The van der Waals surface area contributed by atoms with Crippen molar-refractivity contribution < 1.29 is 23.2 Å². The Morgan fingerprint density at radius 2 is 1.94 bits per heavy atom. The molecule has 0 saturated carbocycles. The zero-order chi connectivity index (χ0) is 24.9. The Labute approximate surface area is 196 Å². The molecule has 2 heterocycles. The van der Waals surface area contributed by atoms with Crippen LogP contribution in [0.2, 0.25) is 0 Å². The van der Waals surface area contributed by atoms with E-state index in [9.17, 15) is 18.0 Å². The number of aryl methyl sites for hydroxylation is 1. The van der Waals surface area contributed by atoms with Crippen LogP contribution >= 0.6 is 0 Å². The molecule has 0 aliphatic rings. The summed E-state index contributed by atoms with van der Waals surface area (Å²) in [5, 5.41) is 18.1. The molecule has 0 spiro atoms. The highest BCUT2D eigenvalue weighted by Gasteiger charge is 2.43. The lowest BCUT2D eigenvalue weighted by atomic mass is 10.1. The second kappa shape index (κ2) is 9.86. The minimum atomic E-state index is -3.86. The maximum atomic E-state index is 12.6. The van der Waals surface area contributed by atoms with Gasteiger partial charge in [-0.15, -0.1) is 0 Å². The molecule has 3 aromatic rings. The molecule has 0 unspecified atom stereocenters. The number of hydroxylamine groups is 1. The van der Waals surface area contributed by atoms with E-state index in [1.165, 1.54) is 35.4 Å². The number of ether oxygens (including phenoxy) is 1. The van der Waals surface area contributed by atoms with Crippen molar-refractivity contribution in [3.8, 4) is 28.8 Å². The monoisotopic (exact) mass is 482 g/mol. The number of nitriles is 1. The highest BCUT2D eigenvalue weighted by atomic mass is 32.2. The number of amides is 1. The summed E-state index contributed by atoms with van der Waals surface area (Å²) in [5.74, 6) is -0.402. The Kier molecular flexibility index (Phi) is 7.14. The van der Waals surface area contributed by atoms with E-state index in [1.807, 2.05) is 6.07 Å². The molecule has 2 N–H and O–H groups in total. The van der Waals surface area contributed by atoms with Crippen LogP contribution in [0.4, 0.5) is 0 Å². The summed E-state index contributed by atoms with van der Waals surface area (Å²) in [5.41, 5.74) is 2.67. The average Bonchev–Trinajstić information content (AvgIpc) is 2.82. The number of nitrogens with one attached hydrogen (secondary N) is 1. The number of sulfone groups is 1. The van der Waals surface area contributed by atoms with E-state index in [1.54, 1.807) is 42.5 Å². The first-order valence-electron chi connectivity index (χ1n) is 10.1. The van der Waals surface area contributed by atoms with Gasteiger partial charge in [0.25, 0.3) is 11.5 Å². The topological polar surface area (TPSA) is 151 Å². The molecule has 0 fully saturated rings. The molecule has 0 aliphatic carbocycles. The van der Waals surface area contributed by atoms with Gasteiger partial charge < -0.3 is 9.30 Å². The lowest BCUT2D eigenvalue weighted by molar-refractivity contribution is -0.131. The predicted octanol–water partition coefficient (Wildman–Crippen LogP) is 2.27.